The second-order valence-electron chi connectivity index (χ2n) is 19.8. The van der Waals surface area contributed by atoms with Gasteiger partial charge in [0, 0.05) is 37.9 Å². The lowest BCUT2D eigenvalue weighted by molar-refractivity contribution is -0.130. The summed E-state index contributed by atoms with van der Waals surface area (Å²) in [5.41, 5.74) is 26.4. The average molecular weight is 1090 g/mol. The number of carbonyl (C=O) groups is 5. The number of Topliss-reactive ketones (excluding diaryl/α,β-unsaturated/α-hetero) is 3. The molecule has 0 saturated heterocycles. The summed E-state index contributed by atoms with van der Waals surface area (Å²) >= 11 is 0. The molecule has 0 unspecified atom stereocenters. The van der Waals surface area contributed by atoms with E-state index in [1.165, 1.54) is 6.92 Å². The quantitative estimate of drug-likeness (QED) is 0.0335. The largest absolute Gasteiger partial charge is 0.352 e. The van der Waals surface area contributed by atoms with Crippen LogP contribution < -0.4 is 33.6 Å². The molecule has 19 heteroatoms. The number of nitrogens with two attached hydrogens (primary N) is 4. The van der Waals surface area contributed by atoms with Gasteiger partial charge in [-0.2, -0.15) is 8.61 Å². The Morgan fingerprint density at radius 2 is 0.974 bits per heavy atom. The second kappa shape index (κ2) is 33.6. The van der Waals surface area contributed by atoms with Crippen molar-refractivity contribution in [2.75, 3.05) is 45.8 Å². The first-order chi connectivity index (χ1) is 36.4. The molecule has 76 heavy (non-hydrogen) atoms. The number of rotatable bonds is 39. The molecule has 10 N–H and O–H groups in total. The van der Waals surface area contributed by atoms with Crippen LogP contribution in [-0.4, -0.2) is 119 Å². The summed E-state index contributed by atoms with van der Waals surface area (Å²) in [7, 11) is -8.47. The normalized spacial score (nSPS) is 13.9. The minimum absolute atomic E-state index is 0.0371. The molecule has 5 atom stereocenters. The van der Waals surface area contributed by atoms with Crippen LogP contribution in [0.25, 0.3) is 0 Å². The molecule has 0 radical (unpaired) electrons. The Kier molecular flexibility index (Phi) is 27.9. The van der Waals surface area contributed by atoms with Crippen LogP contribution in [0.4, 0.5) is 0 Å². The van der Waals surface area contributed by atoms with Crippen molar-refractivity contribution in [2.45, 2.75) is 120 Å². The molecule has 4 aromatic carbocycles. The maximum absolute atomic E-state index is 14.6. The van der Waals surface area contributed by atoms with Gasteiger partial charge in [0.25, 0.3) is 0 Å². The molecule has 2 amide bonds. The van der Waals surface area contributed by atoms with Crippen molar-refractivity contribution in [3.63, 3.8) is 0 Å². The summed E-state index contributed by atoms with van der Waals surface area (Å²) in [6.07, 6.45) is 4.41. The highest BCUT2D eigenvalue weighted by molar-refractivity contribution is 7.88. The summed E-state index contributed by atoms with van der Waals surface area (Å²) in [6.45, 7) is 0.730. The summed E-state index contributed by atoms with van der Waals surface area (Å²) < 4.78 is 60.0. The summed E-state index contributed by atoms with van der Waals surface area (Å²) in [5.74, 6) is -4.74. The highest BCUT2D eigenvalue weighted by Crippen LogP contribution is 2.23. The second-order valence-corrected chi connectivity index (χ2v) is 23.8. The zero-order chi connectivity index (χ0) is 55.4. The Morgan fingerprint density at radius 1 is 0.526 bits per heavy atom. The van der Waals surface area contributed by atoms with E-state index in [1.54, 1.807) is 60.7 Å². The van der Waals surface area contributed by atoms with Crippen LogP contribution in [0.1, 0.15) is 99.8 Å². The van der Waals surface area contributed by atoms with E-state index in [-0.39, 0.29) is 56.8 Å². The van der Waals surface area contributed by atoms with Crippen molar-refractivity contribution in [3.05, 3.63) is 144 Å². The molecule has 0 aromatic heterocycles. The molecule has 0 bridgehead atoms. The third-order valence-corrected chi connectivity index (χ3v) is 16.8. The highest BCUT2D eigenvalue weighted by atomic mass is 32.2. The zero-order valence-electron chi connectivity index (χ0n) is 44.2. The molecule has 0 heterocycles. The van der Waals surface area contributed by atoms with E-state index in [1.807, 2.05) is 60.7 Å². The van der Waals surface area contributed by atoms with Gasteiger partial charge in [-0.15, -0.1) is 0 Å². The minimum Gasteiger partial charge on any atom is -0.352 e. The number of ketones is 3. The van der Waals surface area contributed by atoms with Crippen molar-refractivity contribution >= 4 is 49.2 Å². The van der Waals surface area contributed by atoms with Crippen LogP contribution in [0.5, 0.6) is 0 Å². The fraction of sp³-hybridized carbons (Fsp3) is 0.491. The number of unbranched alkanes of at least 4 members (excludes halogenated alkanes) is 3. The molecule has 0 saturated carbocycles. The molecular formula is C57H82N8O9S2. The molecule has 4 aromatic rings. The molecule has 416 valence electrons. The lowest BCUT2D eigenvalue weighted by Crippen LogP contribution is -2.52. The van der Waals surface area contributed by atoms with Gasteiger partial charge >= 0.3 is 0 Å². The van der Waals surface area contributed by atoms with Crippen molar-refractivity contribution in [2.24, 2.45) is 34.8 Å². The number of nitrogens with one attached hydrogen (secondary N) is 2. The third kappa shape index (κ3) is 23.4. The van der Waals surface area contributed by atoms with Gasteiger partial charge in [-0.1, -0.05) is 141 Å². The van der Waals surface area contributed by atoms with Crippen LogP contribution in [-0.2, 0) is 68.4 Å². The molecule has 0 fully saturated rings. The Morgan fingerprint density at radius 3 is 1.46 bits per heavy atom. The van der Waals surface area contributed by atoms with Gasteiger partial charge in [-0.25, -0.2) is 16.8 Å². The number of benzene rings is 4. The number of hydrogen-bond donors (Lipinski definition) is 6. The van der Waals surface area contributed by atoms with Gasteiger partial charge < -0.3 is 33.6 Å². The first-order valence-corrected chi connectivity index (χ1v) is 29.8. The maximum Gasteiger partial charge on any atom is 0.235 e. The predicted octanol–water partition coefficient (Wildman–Crippen LogP) is 4.56. The van der Waals surface area contributed by atoms with Crippen LogP contribution in [0.3, 0.4) is 0 Å². The number of hydrogen-bond acceptors (Lipinski definition) is 13. The van der Waals surface area contributed by atoms with Crippen LogP contribution in [0.2, 0.25) is 0 Å². The molecule has 4 rings (SSSR count). The standard InChI is InChI=1S/C57H82N8O9S2/c1-44(66)54(35-46-22-8-3-9-23-46)63-56(69)41-65(76(73,74)43-48-26-12-5-13-27-48)39-51(29-15-18-32-59)62-57(70)50(28-14-17-31-58)37-52(67)40-64(75(71,72)42-47-24-10-4-11-25-47)38-49(34-45-20-6-2-7-21-45)36-55(68)53(61)30-16-19-33-60/h2-13,20-27,49-51,53-54H,14-19,28-43,58-61H2,1H3,(H,62,70)(H,63,69)/t49-,50-,51+,53+,54+/m1/s1. The van der Waals surface area contributed by atoms with Gasteiger partial charge in [-0.3, -0.25) is 24.0 Å². The highest BCUT2D eigenvalue weighted by Gasteiger charge is 2.34. The number of amides is 2. The third-order valence-electron chi connectivity index (χ3n) is 13.3. The van der Waals surface area contributed by atoms with Gasteiger partial charge in [0.15, 0.2) is 5.78 Å². The number of nitrogens with zero attached hydrogens (tertiary/aromatic N) is 2. The Hall–Kier alpha value is -5.51. The summed E-state index contributed by atoms with van der Waals surface area (Å²) in [5, 5.41) is 5.76. The average Bonchev–Trinajstić information content (AvgIpc) is 3.38. The SMILES string of the molecule is CC(=O)[C@H](Cc1ccccc1)NC(=O)CN(C[C@H](CCCCN)NC(=O)[C@H](CCCCN)CC(=O)CN(C[C@@H](CC(=O)[C@@H](N)CCCCN)Cc1ccccc1)S(=O)(=O)Cc1ccccc1)S(=O)(=O)Cc1ccccc1. The monoisotopic (exact) mass is 1090 g/mol. The van der Waals surface area contributed by atoms with E-state index in [4.69, 9.17) is 22.9 Å². The van der Waals surface area contributed by atoms with Crippen LogP contribution >= 0.6 is 0 Å². The fourth-order valence-corrected chi connectivity index (χ4v) is 12.2. The zero-order valence-corrected chi connectivity index (χ0v) is 45.8. The van der Waals surface area contributed by atoms with Crippen LogP contribution in [0, 0.1) is 11.8 Å². The van der Waals surface area contributed by atoms with Crippen LogP contribution in [0.15, 0.2) is 121 Å². The van der Waals surface area contributed by atoms with E-state index in [2.05, 4.69) is 10.6 Å². The topological polar surface area (TPSA) is 288 Å². The predicted molar refractivity (Wildman–Crippen MR) is 299 cm³/mol. The molecule has 0 aliphatic carbocycles. The van der Waals surface area contributed by atoms with Gasteiger partial charge in [0.1, 0.15) is 11.6 Å². The molecule has 17 nitrogen and oxygen atoms in total. The molecule has 0 spiro atoms. The Bertz CT molecular complexity index is 2600. The van der Waals surface area contributed by atoms with E-state index in [0.29, 0.717) is 82.1 Å². The first kappa shape index (κ1) is 63.0. The molecular weight excluding hydrogens is 1000 g/mol. The molecule has 0 aliphatic heterocycles. The van der Waals surface area contributed by atoms with Crippen molar-refractivity contribution in [1.29, 1.82) is 0 Å². The van der Waals surface area contributed by atoms with Crippen molar-refractivity contribution < 1.29 is 40.8 Å². The van der Waals surface area contributed by atoms with E-state index >= 15 is 0 Å². The Labute approximate surface area is 451 Å². The van der Waals surface area contributed by atoms with E-state index < -0.39 is 92.2 Å². The fourth-order valence-electron chi connectivity index (χ4n) is 9.10. The van der Waals surface area contributed by atoms with Crippen molar-refractivity contribution in [1.82, 2.24) is 19.2 Å². The maximum atomic E-state index is 14.6. The number of carbonyl (C=O) groups excluding carboxylic acids is 5. The van der Waals surface area contributed by atoms with Gasteiger partial charge in [-0.05, 0) is 106 Å². The van der Waals surface area contributed by atoms with Gasteiger partial charge in [0.2, 0.25) is 31.9 Å². The molecule has 0 aliphatic rings. The number of sulfonamides is 2. The Balaban J connectivity index is 1.65. The van der Waals surface area contributed by atoms with E-state index in [9.17, 15) is 40.8 Å². The minimum atomic E-state index is -4.25. The summed E-state index contributed by atoms with van der Waals surface area (Å²) in [6, 6.07) is 33.0. The van der Waals surface area contributed by atoms with Crippen molar-refractivity contribution in [3.8, 4) is 0 Å². The summed E-state index contributed by atoms with van der Waals surface area (Å²) in [4.78, 5) is 69.5. The lowest BCUT2D eigenvalue weighted by atomic mass is 9.90. The van der Waals surface area contributed by atoms with E-state index in [0.717, 1.165) is 19.7 Å². The first-order valence-electron chi connectivity index (χ1n) is 26.5. The van der Waals surface area contributed by atoms with Gasteiger partial charge in [0.05, 0.1) is 36.7 Å². The smallest absolute Gasteiger partial charge is 0.235 e. The lowest BCUT2D eigenvalue weighted by Gasteiger charge is -2.30.